The minimum Gasteiger partial charge on any atom is -0.459 e. The summed E-state index contributed by atoms with van der Waals surface area (Å²) >= 11 is 0. The molecule has 0 spiro atoms. The third kappa shape index (κ3) is 3.24. The molecule has 1 aromatic carbocycles. The highest BCUT2D eigenvalue weighted by molar-refractivity contribution is 5.83. The molecule has 0 unspecified atom stereocenters. The Morgan fingerprint density at radius 3 is 2.50 bits per heavy atom. The maximum atomic E-state index is 6.07. The standard InChI is InChI=1S/C18H27NO/c1-6-19-11-18-15(9-12(2)3)16-10-14(13(4)5)7-8-17(16)20-18/h7-8,10,12-13,19H,6,9,11H2,1-5H3. The predicted octanol–water partition coefficient (Wildman–Crippen LogP) is 4.86. The minimum absolute atomic E-state index is 0.554. The van der Waals surface area contributed by atoms with Crippen molar-refractivity contribution >= 4 is 11.0 Å². The third-order valence-corrected chi connectivity index (χ3v) is 3.71. The van der Waals surface area contributed by atoms with E-state index in [9.17, 15) is 0 Å². The molecule has 2 nitrogen and oxygen atoms in total. The highest BCUT2D eigenvalue weighted by Gasteiger charge is 2.16. The van der Waals surface area contributed by atoms with Crippen molar-refractivity contribution in [2.45, 2.75) is 53.5 Å². The number of hydrogen-bond donors (Lipinski definition) is 1. The molecule has 0 aliphatic heterocycles. The van der Waals surface area contributed by atoms with Gasteiger partial charge in [0, 0.05) is 10.9 Å². The van der Waals surface area contributed by atoms with Crippen LogP contribution < -0.4 is 5.32 Å². The molecule has 1 heterocycles. The molecule has 2 rings (SSSR count). The van der Waals surface area contributed by atoms with Crippen LogP contribution in [0, 0.1) is 5.92 Å². The van der Waals surface area contributed by atoms with Crippen molar-refractivity contribution in [1.29, 1.82) is 0 Å². The minimum atomic E-state index is 0.554. The maximum absolute atomic E-state index is 6.07. The fourth-order valence-electron chi connectivity index (χ4n) is 2.59. The van der Waals surface area contributed by atoms with E-state index in [1.807, 2.05) is 0 Å². The SMILES string of the molecule is CCNCc1oc2ccc(C(C)C)cc2c1CC(C)C. The van der Waals surface area contributed by atoms with Crippen molar-refractivity contribution in [3.63, 3.8) is 0 Å². The highest BCUT2D eigenvalue weighted by atomic mass is 16.3. The van der Waals surface area contributed by atoms with Crippen LogP contribution in [0.25, 0.3) is 11.0 Å². The van der Waals surface area contributed by atoms with Crippen molar-refractivity contribution < 1.29 is 4.42 Å². The van der Waals surface area contributed by atoms with Crippen LogP contribution in [0.5, 0.6) is 0 Å². The molecular weight excluding hydrogens is 246 g/mol. The largest absolute Gasteiger partial charge is 0.459 e. The lowest BCUT2D eigenvalue weighted by atomic mass is 9.96. The van der Waals surface area contributed by atoms with Gasteiger partial charge in [-0.1, -0.05) is 40.7 Å². The number of hydrogen-bond acceptors (Lipinski definition) is 2. The zero-order valence-corrected chi connectivity index (χ0v) is 13.4. The molecule has 0 aliphatic carbocycles. The number of fused-ring (bicyclic) bond motifs is 1. The first-order valence-electron chi connectivity index (χ1n) is 7.77. The summed E-state index contributed by atoms with van der Waals surface area (Å²) in [5.74, 6) is 2.30. The Morgan fingerprint density at radius 2 is 1.90 bits per heavy atom. The van der Waals surface area contributed by atoms with Crippen LogP contribution in [-0.4, -0.2) is 6.54 Å². The molecule has 2 aromatic rings. The molecule has 110 valence electrons. The van der Waals surface area contributed by atoms with Crippen LogP contribution in [0.15, 0.2) is 22.6 Å². The van der Waals surface area contributed by atoms with Gasteiger partial charge in [0.05, 0.1) is 6.54 Å². The second-order valence-corrected chi connectivity index (χ2v) is 6.29. The maximum Gasteiger partial charge on any atom is 0.134 e. The average molecular weight is 273 g/mol. The first-order chi connectivity index (χ1) is 9.52. The van der Waals surface area contributed by atoms with Crippen molar-refractivity contribution in [3.05, 3.63) is 35.1 Å². The molecule has 0 saturated carbocycles. The number of rotatable bonds is 6. The first kappa shape index (κ1) is 15.1. The van der Waals surface area contributed by atoms with Gasteiger partial charge in [0.15, 0.2) is 0 Å². The molecule has 0 aliphatic rings. The Hall–Kier alpha value is -1.28. The quantitative estimate of drug-likeness (QED) is 0.812. The molecule has 0 amide bonds. The van der Waals surface area contributed by atoms with Crippen molar-refractivity contribution in [2.75, 3.05) is 6.54 Å². The fourth-order valence-corrected chi connectivity index (χ4v) is 2.59. The Kier molecular flexibility index (Phi) is 4.87. The number of benzene rings is 1. The Balaban J connectivity index is 2.49. The molecule has 0 fully saturated rings. The van der Waals surface area contributed by atoms with E-state index in [2.05, 4.69) is 58.1 Å². The molecule has 20 heavy (non-hydrogen) atoms. The van der Waals surface area contributed by atoms with Crippen LogP contribution in [0.2, 0.25) is 0 Å². The van der Waals surface area contributed by atoms with Gasteiger partial charge in [0.1, 0.15) is 11.3 Å². The van der Waals surface area contributed by atoms with Crippen LogP contribution in [-0.2, 0) is 13.0 Å². The van der Waals surface area contributed by atoms with E-state index < -0.39 is 0 Å². The zero-order chi connectivity index (χ0) is 14.7. The summed E-state index contributed by atoms with van der Waals surface area (Å²) in [6, 6.07) is 6.63. The topological polar surface area (TPSA) is 25.2 Å². The summed E-state index contributed by atoms with van der Waals surface area (Å²) in [5.41, 5.74) is 3.80. The summed E-state index contributed by atoms with van der Waals surface area (Å²) in [6.07, 6.45) is 1.08. The van der Waals surface area contributed by atoms with Crippen LogP contribution in [0.3, 0.4) is 0 Å². The van der Waals surface area contributed by atoms with E-state index in [-0.39, 0.29) is 0 Å². The molecular formula is C18H27NO. The first-order valence-corrected chi connectivity index (χ1v) is 7.77. The molecule has 0 radical (unpaired) electrons. The lowest BCUT2D eigenvalue weighted by Crippen LogP contribution is -2.12. The fraction of sp³-hybridized carbons (Fsp3) is 0.556. The summed E-state index contributed by atoms with van der Waals surface area (Å²) in [5, 5.41) is 4.69. The van der Waals surface area contributed by atoms with Crippen LogP contribution in [0.4, 0.5) is 0 Å². The normalized spacial score (nSPS) is 11.9. The monoisotopic (exact) mass is 273 g/mol. The molecule has 0 bridgehead atoms. The van der Waals surface area contributed by atoms with E-state index in [0.717, 1.165) is 30.9 Å². The van der Waals surface area contributed by atoms with E-state index in [0.29, 0.717) is 11.8 Å². The summed E-state index contributed by atoms with van der Waals surface area (Å²) < 4.78 is 6.07. The van der Waals surface area contributed by atoms with Crippen molar-refractivity contribution in [3.8, 4) is 0 Å². The molecule has 0 saturated heterocycles. The van der Waals surface area contributed by atoms with E-state index in [1.54, 1.807) is 0 Å². The molecule has 1 aromatic heterocycles. The Bertz CT molecular complexity index is 566. The van der Waals surface area contributed by atoms with E-state index in [1.165, 1.54) is 16.5 Å². The summed E-state index contributed by atoms with van der Waals surface area (Å²) in [7, 11) is 0. The average Bonchev–Trinajstić information content (AvgIpc) is 2.73. The Labute approximate surface area is 122 Å². The van der Waals surface area contributed by atoms with Crippen LogP contribution >= 0.6 is 0 Å². The van der Waals surface area contributed by atoms with Gasteiger partial charge in [-0.3, -0.25) is 0 Å². The Morgan fingerprint density at radius 1 is 1.15 bits per heavy atom. The number of nitrogens with one attached hydrogen (secondary N) is 1. The van der Waals surface area contributed by atoms with Gasteiger partial charge >= 0.3 is 0 Å². The van der Waals surface area contributed by atoms with E-state index >= 15 is 0 Å². The second kappa shape index (κ2) is 6.45. The van der Waals surface area contributed by atoms with Gasteiger partial charge in [-0.05, 0) is 42.5 Å². The molecule has 2 heteroatoms. The lowest BCUT2D eigenvalue weighted by molar-refractivity contribution is 0.506. The van der Waals surface area contributed by atoms with E-state index in [4.69, 9.17) is 4.42 Å². The van der Waals surface area contributed by atoms with Gasteiger partial charge in [-0.15, -0.1) is 0 Å². The second-order valence-electron chi connectivity index (χ2n) is 6.29. The third-order valence-electron chi connectivity index (χ3n) is 3.71. The summed E-state index contributed by atoms with van der Waals surface area (Å²) in [4.78, 5) is 0. The van der Waals surface area contributed by atoms with Gasteiger partial charge in [-0.25, -0.2) is 0 Å². The smallest absolute Gasteiger partial charge is 0.134 e. The lowest BCUT2D eigenvalue weighted by Gasteiger charge is -2.08. The summed E-state index contributed by atoms with van der Waals surface area (Å²) in [6.45, 7) is 12.9. The van der Waals surface area contributed by atoms with Crippen LogP contribution in [0.1, 0.15) is 57.4 Å². The van der Waals surface area contributed by atoms with Gasteiger partial charge in [0.2, 0.25) is 0 Å². The molecule has 0 atom stereocenters. The van der Waals surface area contributed by atoms with Crippen molar-refractivity contribution in [2.24, 2.45) is 5.92 Å². The van der Waals surface area contributed by atoms with Gasteiger partial charge in [-0.2, -0.15) is 0 Å². The van der Waals surface area contributed by atoms with Gasteiger partial charge in [0.25, 0.3) is 0 Å². The predicted molar refractivity (Wildman–Crippen MR) is 86.2 cm³/mol. The van der Waals surface area contributed by atoms with Gasteiger partial charge < -0.3 is 9.73 Å². The highest BCUT2D eigenvalue weighted by Crippen LogP contribution is 2.31. The molecule has 1 N–H and O–H groups in total. The zero-order valence-electron chi connectivity index (χ0n) is 13.4. The van der Waals surface area contributed by atoms with Crippen molar-refractivity contribution in [1.82, 2.24) is 5.32 Å². The number of furan rings is 1.